The van der Waals surface area contributed by atoms with Crippen molar-refractivity contribution in [2.75, 3.05) is 20.8 Å². The van der Waals surface area contributed by atoms with Gasteiger partial charge in [0.15, 0.2) is 5.69 Å². The van der Waals surface area contributed by atoms with Crippen LogP contribution in [0.25, 0.3) is 22.0 Å². The van der Waals surface area contributed by atoms with Gasteiger partial charge in [-0.1, -0.05) is 6.07 Å². The molecule has 0 radical (unpaired) electrons. The first-order valence-electron chi connectivity index (χ1n) is 9.47. The summed E-state index contributed by atoms with van der Waals surface area (Å²) in [7, 11) is 2.98. The normalized spacial score (nSPS) is 11.6. The van der Waals surface area contributed by atoms with Gasteiger partial charge >= 0.3 is 12.1 Å². The molecule has 1 aliphatic carbocycles. The maximum Gasteiger partial charge on any atom is 0.407 e. The Hall–Kier alpha value is -3.16. The highest BCUT2D eigenvalue weighted by Crippen LogP contribution is 2.38. The summed E-state index contributed by atoms with van der Waals surface area (Å²) in [6.45, 7) is 6.36. The highest BCUT2D eigenvalue weighted by molar-refractivity contribution is 6.07. The lowest BCUT2D eigenvalue weighted by molar-refractivity contribution is 0.0522. The summed E-state index contributed by atoms with van der Waals surface area (Å²) < 4.78 is 17.3. The maximum absolute atomic E-state index is 12.4. The van der Waals surface area contributed by atoms with E-state index in [9.17, 15) is 9.59 Å². The van der Waals surface area contributed by atoms with E-state index in [4.69, 9.17) is 14.2 Å². The Kier molecular flexibility index (Phi) is 5.72. The lowest BCUT2D eigenvalue weighted by atomic mass is 10.2. The molecule has 2 N–H and O–H groups in total. The molecule has 0 spiro atoms. The number of aromatic amines is 1. The molecule has 0 bridgehead atoms. The molecule has 0 unspecified atom stereocenters. The number of hydrogen-bond acceptors (Lipinski definition) is 5. The summed E-state index contributed by atoms with van der Waals surface area (Å²) in [5, 5.41) is 8.00. The third kappa shape index (κ3) is 4.47. The Balaban J connectivity index is 1.80. The van der Waals surface area contributed by atoms with Crippen molar-refractivity contribution in [2.24, 2.45) is 0 Å². The molecular formula is C21H27N3O5. The van der Waals surface area contributed by atoms with Crippen LogP contribution < -0.4 is 10.1 Å². The number of carbonyl (C=O) groups excluding carboxylic acids is 2. The fourth-order valence-corrected chi connectivity index (χ4v) is 3.25. The van der Waals surface area contributed by atoms with Gasteiger partial charge in [-0.3, -0.25) is 9.78 Å². The van der Waals surface area contributed by atoms with E-state index in [-0.39, 0.29) is 0 Å². The van der Waals surface area contributed by atoms with Gasteiger partial charge in [-0.25, -0.2) is 9.59 Å². The van der Waals surface area contributed by atoms with E-state index >= 15 is 0 Å². The molecule has 29 heavy (non-hydrogen) atoms. The van der Waals surface area contributed by atoms with Crippen molar-refractivity contribution in [3.8, 4) is 17.0 Å². The summed E-state index contributed by atoms with van der Waals surface area (Å²) in [5.74, 6) is 0.325. The minimum absolute atomic E-state index is 0.417. The minimum atomic E-state index is -0.540. The van der Waals surface area contributed by atoms with Crippen molar-refractivity contribution in [1.29, 1.82) is 0 Å². The molecule has 1 aromatic rings. The maximum atomic E-state index is 12.4. The van der Waals surface area contributed by atoms with Crippen LogP contribution in [0.4, 0.5) is 4.79 Å². The molecule has 1 aromatic carbocycles. The average molecular weight is 401 g/mol. The number of aryl methyl sites for hydroxylation is 1. The SMILES string of the molecule is COC(=O)c1c2cc3ccc(OC)cc3c-2[nH]n1CCCNC(=O)OC(C)(C)C. The first-order chi connectivity index (χ1) is 13.7. The molecule has 1 amide bonds. The molecule has 8 heteroatoms. The fourth-order valence-electron chi connectivity index (χ4n) is 3.25. The predicted molar refractivity (Wildman–Crippen MR) is 110 cm³/mol. The van der Waals surface area contributed by atoms with Crippen molar-refractivity contribution < 1.29 is 23.8 Å². The van der Waals surface area contributed by atoms with Crippen LogP contribution in [-0.2, 0) is 16.0 Å². The van der Waals surface area contributed by atoms with Crippen molar-refractivity contribution in [3.05, 3.63) is 30.0 Å². The van der Waals surface area contributed by atoms with Crippen LogP contribution in [0.1, 0.15) is 37.7 Å². The quantitative estimate of drug-likeness (QED) is 0.484. The Bertz CT molecular complexity index is 996. The number of hydrogen-bond donors (Lipinski definition) is 2. The topological polar surface area (TPSA) is 94.6 Å². The average Bonchev–Trinajstić information content (AvgIpc) is 3.18. The number of carbonyl (C=O) groups is 2. The number of amides is 1. The van der Waals surface area contributed by atoms with Crippen LogP contribution in [0.5, 0.6) is 5.75 Å². The van der Waals surface area contributed by atoms with E-state index in [0.717, 1.165) is 27.8 Å². The van der Waals surface area contributed by atoms with Crippen molar-refractivity contribution in [3.63, 3.8) is 0 Å². The number of nitrogens with zero attached hydrogens (tertiary/aromatic N) is 1. The molecule has 2 aliphatic rings. The van der Waals surface area contributed by atoms with Gasteiger partial charge in [0.25, 0.3) is 0 Å². The number of esters is 1. The zero-order valence-electron chi connectivity index (χ0n) is 17.4. The van der Waals surface area contributed by atoms with Gasteiger partial charge in [-0.05, 0) is 50.8 Å². The van der Waals surface area contributed by atoms with Crippen molar-refractivity contribution >= 4 is 22.8 Å². The molecule has 1 heterocycles. The largest absolute Gasteiger partial charge is 0.497 e. The summed E-state index contributed by atoms with van der Waals surface area (Å²) in [6.07, 6.45) is 0.150. The first kappa shape index (κ1) is 20.6. The Labute approximate surface area is 169 Å². The van der Waals surface area contributed by atoms with Gasteiger partial charge in [0.1, 0.15) is 11.4 Å². The second-order valence-electron chi connectivity index (χ2n) is 7.77. The molecule has 156 valence electrons. The monoisotopic (exact) mass is 401 g/mol. The lowest BCUT2D eigenvalue weighted by Gasteiger charge is -2.19. The van der Waals surface area contributed by atoms with Gasteiger partial charge in [0, 0.05) is 24.0 Å². The van der Waals surface area contributed by atoms with Crippen LogP contribution in [0.15, 0.2) is 24.3 Å². The number of H-pyrrole nitrogens is 1. The fraction of sp³-hybridized carbons (Fsp3) is 0.429. The highest BCUT2D eigenvalue weighted by Gasteiger charge is 2.25. The molecule has 3 rings (SSSR count). The summed E-state index contributed by atoms with van der Waals surface area (Å²) in [6, 6.07) is 7.74. The van der Waals surface area contributed by atoms with Gasteiger partial charge in [-0.2, -0.15) is 0 Å². The van der Waals surface area contributed by atoms with Crippen LogP contribution in [0.2, 0.25) is 0 Å². The van der Waals surface area contributed by atoms with Gasteiger partial charge < -0.3 is 19.5 Å². The standard InChI is InChI=1S/C21H27N3O5/c1-21(2,3)29-20(26)22-9-6-10-24-18(19(25)28-5)16-11-13-7-8-14(27-4)12-15(13)17(16)23-24/h7-8,11-12,23H,6,9-10H2,1-5H3,(H,22,26). The van der Waals surface area contributed by atoms with Gasteiger partial charge in [0.05, 0.1) is 19.9 Å². The molecule has 8 nitrogen and oxygen atoms in total. The second-order valence-corrected chi connectivity index (χ2v) is 7.77. The lowest BCUT2D eigenvalue weighted by Crippen LogP contribution is -2.33. The van der Waals surface area contributed by atoms with Crippen LogP contribution >= 0.6 is 0 Å². The van der Waals surface area contributed by atoms with Crippen molar-refractivity contribution in [1.82, 2.24) is 15.1 Å². The van der Waals surface area contributed by atoms with Crippen LogP contribution in [-0.4, -0.2) is 48.2 Å². The van der Waals surface area contributed by atoms with E-state index in [1.165, 1.54) is 7.11 Å². The van der Waals surface area contributed by atoms with Crippen molar-refractivity contribution in [2.45, 2.75) is 39.3 Å². The van der Waals surface area contributed by atoms with E-state index < -0.39 is 17.7 Å². The van der Waals surface area contributed by atoms with E-state index in [2.05, 4.69) is 10.4 Å². The zero-order chi connectivity index (χ0) is 21.2. The van der Waals surface area contributed by atoms with E-state index in [0.29, 0.717) is 25.2 Å². The first-order valence-corrected chi connectivity index (χ1v) is 9.47. The highest BCUT2D eigenvalue weighted by atomic mass is 16.6. The summed E-state index contributed by atoms with van der Waals surface area (Å²) in [5.41, 5.74) is 1.55. The number of alkyl carbamates (subject to hydrolysis) is 1. The molecular weight excluding hydrogens is 374 g/mol. The minimum Gasteiger partial charge on any atom is -0.497 e. The number of rotatable bonds is 6. The molecule has 0 atom stereocenters. The van der Waals surface area contributed by atoms with E-state index in [1.54, 1.807) is 11.8 Å². The third-order valence-electron chi connectivity index (χ3n) is 4.48. The third-order valence-corrected chi connectivity index (χ3v) is 4.48. The number of fused-ring (bicyclic) bond motifs is 3. The number of ether oxygens (including phenoxy) is 3. The molecule has 0 saturated heterocycles. The zero-order valence-corrected chi connectivity index (χ0v) is 17.4. The predicted octanol–water partition coefficient (Wildman–Crippen LogP) is 3.78. The number of methoxy groups -OCH3 is 2. The Morgan fingerprint density at radius 1 is 1.17 bits per heavy atom. The Morgan fingerprint density at radius 3 is 2.59 bits per heavy atom. The molecule has 0 saturated carbocycles. The van der Waals surface area contributed by atoms with Gasteiger partial charge in [0.2, 0.25) is 0 Å². The number of nitrogens with one attached hydrogen (secondary N) is 2. The van der Waals surface area contributed by atoms with E-state index in [1.807, 2.05) is 45.0 Å². The number of benzene rings is 1. The summed E-state index contributed by atoms with van der Waals surface area (Å²) >= 11 is 0. The summed E-state index contributed by atoms with van der Waals surface area (Å²) in [4.78, 5) is 24.2. The smallest absolute Gasteiger partial charge is 0.407 e. The second kappa shape index (κ2) is 8.06. The number of aromatic nitrogens is 2. The molecule has 1 aliphatic heterocycles. The Morgan fingerprint density at radius 2 is 1.93 bits per heavy atom. The van der Waals surface area contributed by atoms with Crippen LogP contribution in [0, 0.1) is 0 Å². The van der Waals surface area contributed by atoms with Crippen LogP contribution in [0.3, 0.4) is 0 Å². The molecule has 0 fully saturated rings. The van der Waals surface area contributed by atoms with Gasteiger partial charge in [-0.15, -0.1) is 0 Å². The molecule has 0 aromatic heterocycles.